The molecule has 1 fully saturated rings. The molecule has 2 rings (SSSR count). The summed E-state index contributed by atoms with van der Waals surface area (Å²) in [6.45, 7) is 7.19. The van der Waals surface area contributed by atoms with Crippen LogP contribution in [0.3, 0.4) is 0 Å². The van der Waals surface area contributed by atoms with E-state index in [-0.39, 0.29) is 6.04 Å². The van der Waals surface area contributed by atoms with Gasteiger partial charge in [-0.3, -0.25) is 9.69 Å². The van der Waals surface area contributed by atoms with Gasteiger partial charge in [-0.25, -0.2) is 0 Å². The summed E-state index contributed by atoms with van der Waals surface area (Å²) in [5.74, 6) is -0.655. The number of nitrogens with zero attached hydrogens (tertiary/aromatic N) is 1. The molecule has 1 heterocycles. The maximum Gasteiger partial charge on any atom is 0.324 e. The lowest BCUT2D eigenvalue weighted by Gasteiger charge is -2.39. The molecule has 20 heavy (non-hydrogen) atoms. The third-order valence-electron chi connectivity index (χ3n) is 4.71. The normalized spacial score (nSPS) is 24.8. The smallest absolute Gasteiger partial charge is 0.324 e. The molecule has 1 N–H and O–H groups in total. The van der Waals surface area contributed by atoms with Crippen molar-refractivity contribution >= 4 is 5.97 Å². The van der Waals surface area contributed by atoms with E-state index in [0.717, 1.165) is 32.2 Å². The van der Waals surface area contributed by atoms with Gasteiger partial charge in [0.2, 0.25) is 0 Å². The summed E-state index contributed by atoms with van der Waals surface area (Å²) >= 11 is 0. The molecular formula is C17H25NO2. The van der Waals surface area contributed by atoms with Crippen LogP contribution in [0.5, 0.6) is 0 Å². The highest BCUT2D eigenvalue weighted by molar-refractivity contribution is 5.79. The van der Waals surface area contributed by atoms with E-state index in [9.17, 15) is 9.90 Å². The van der Waals surface area contributed by atoms with Gasteiger partial charge in [0.1, 0.15) is 5.54 Å². The van der Waals surface area contributed by atoms with Crippen LogP contribution >= 0.6 is 0 Å². The van der Waals surface area contributed by atoms with Crippen LogP contribution in [0.25, 0.3) is 0 Å². The van der Waals surface area contributed by atoms with Crippen molar-refractivity contribution in [2.45, 2.75) is 58.0 Å². The van der Waals surface area contributed by atoms with Gasteiger partial charge in [-0.1, -0.05) is 37.6 Å². The van der Waals surface area contributed by atoms with E-state index in [4.69, 9.17) is 0 Å². The largest absolute Gasteiger partial charge is 0.480 e. The molecule has 1 aliphatic rings. The lowest BCUT2D eigenvalue weighted by Crippen LogP contribution is -2.51. The van der Waals surface area contributed by atoms with E-state index < -0.39 is 11.5 Å². The summed E-state index contributed by atoms with van der Waals surface area (Å²) in [4.78, 5) is 14.1. The van der Waals surface area contributed by atoms with Crippen LogP contribution in [0.15, 0.2) is 24.3 Å². The minimum Gasteiger partial charge on any atom is -0.480 e. The molecule has 3 nitrogen and oxygen atoms in total. The molecular weight excluding hydrogens is 250 g/mol. The van der Waals surface area contributed by atoms with Crippen molar-refractivity contribution in [2.24, 2.45) is 0 Å². The van der Waals surface area contributed by atoms with Gasteiger partial charge in [-0.05, 0) is 50.8 Å². The van der Waals surface area contributed by atoms with Gasteiger partial charge >= 0.3 is 5.97 Å². The minimum absolute atomic E-state index is 0.154. The molecule has 1 aromatic rings. The second-order valence-corrected chi connectivity index (χ2v) is 5.92. The molecule has 110 valence electrons. The number of likely N-dealkylation sites (tertiary alicyclic amines) is 1. The van der Waals surface area contributed by atoms with E-state index in [1.165, 1.54) is 11.1 Å². The zero-order valence-electron chi connectivity index (χ0n) is 12.7. The Morgan fingerprint density at radius 1 is 1.45 bits per heavy atom. The summed E-state index contributed by atoms with van der Waals surface area (Å²) in [6.07, 6.45) is 3.39. The van der Waals surface area contributed by atoms with Gasteiger partial charge in [0.15, 0.2) is 0 Å². The molecule has 2 unspecified atom stereocenters. The van der Waals surface area contributed by atoms with Crippen LogP contribution in [0.4, 0.5) is 0 Å². The molecule has 0 spiro atoms. The quantitative estimate of drug-likeness (QED) is 0.889. The fourth-order valence-electron chi connectivity index (χ4n) is 3.71. The summed E-state index contributed by atoms with van der Waals surface area (Å²) in [7, 11) is 0. The van der Waals surface area contributed by atoms with Crippen molar-refractivity contribution in [1.82, 2.24) is 4.90 Å². The summed E-state index contributed by atoms with van der Waals surface area (Å²) in [6, 6.07) is 8.45. The number of benzene rings is 1. The topological polar surface area (TPSA) is 40.5 Å². The van der Waals surface area contributed by atoms with Crippen molar-refractivity contribution in [3.05, 3.63) is 35.4 Å². The summed E-state index contributed by atoms with van der Waals surface area (Å²) in [5, 5.41) is 9.79. The third kappa shape index (κ3) is 2.47. The van der Waals surface area contributed by atoms with Gasteiger partial charge in [-0.2, -0.15) is 0 Å². The molecule has 0 radical (unpaired) electrons. The lowest BCUT2D eigenvalue weighted by atomic mass is 9.88. The first-order valence-electron chi connectivity index (χ1n) is 7.58. The van der Waals surface area contributed by atoms with Crippen LogP contribution in [-0.4, -0.2) is 28.1 Å². The molecule has 0 aliphatic carbocycles. The highest BCUT2D eigenvalue weighted by Crippen LogP contribution is 2.40. The lowest BCUT2D eigenvalue weighted by molar-refractivity contribution is -0.151. The number of carboxylic acid groups (broad SMARTS) is 1. The maximum atomic E-state index is 11.9. The summed E-state index contributed by atoms with van der Waals surface area (Å²) in [5.41, 5.74) is 1.81. The highest BCUT2D eigenvalue weighted by Gasteiger charge is 2.48. The van der Waals surface area contributed by atoms with E-state index in [1.807, 2.05) is 12.1 Å². The van der Waals surface area contributed by atoms with Gasteiger partial charge in [0, 0.05) is 6.04 Å². The Morgan fingerprint density at radius 3 is 2.75 bits per heavy atom. The Balaban J connectivity index is 2.35. The fraction of sp³-hybridized carbons (Fsp3) is 0.588. The van der Waals surface area contributed by atoms with E-state index in [1.54, 1.807) is 0 Å². The van der Waals surface area contributed by atoms with Gasteiger partial charge < -0.3 is 5.11 Å². The van der Waals surface area contributed by atoms with Crippen molar-refractivity contribution in [3.63, 3.8) is 0 Å². The summed E-state index contributed by atoms with van der Waals surface area (Å²) < 4.78 is 0. The SMILES string of the molecule is CCCC1(C(=O)O)CCCN1C(C)c1ccccc1C. The average molecular weight is 275 g/mol. The van der Waals surface area contributed by atoms with E-state index in [0.29, 0.717) is 0 Å². The Morgan fingerprint density at radius 2 is 2.15 bits per heavy atom. The molecule has 1 saturated heterocycles. The standard InChI is InChI=1S/C17H25NO2/c1-4-10-17(16(19)20)11-7-12-18(17)14(3)15-9-6-5-8-13(15)2/h5-6,8-9,14H,4,7,10-12H2,1-3H3,(H,19,20). The molecule has 0 bridgehead atoms. The van der Waals surface area contributed by atoms with Crippen molar-refractivity contribution < 1.29 is 9.90 Å². The first-order chi connectivity index (χ1) is 9.53. The predicted molar refractivity (Wildman–Crippen MR) is 80.8 cm³/mol. The second-order valence-electron chi connectivity index (χ2n) is 5.92. The van der Waals surface area contributed by atoms with E-state index in [2.05, 4.69) is 37.8 Å². The molecule has 0 amide bonds. The number of carbonyl (C=O) groups is 1. The van der Waals surface area contributed by atoms with Crippen molar-refractivity contribution in [2.75, 3.05) is 6.54 Å². The molecule has 1 aliphatic heterocycles. The number of rotatable bonds is 5. The van der Waals surface area contributed by atoms with Crippen LogP contribution in [0.1, 0.15) is 56.7 Å². The van der Waals surface area contributed by atoms with Crippen LogP contribution in [-0.2, 0) is 4.79 Å². The second kappa shape index (κ2) is 5.96. The van der Waals surface area contributed by atoms with Gasteiger partial charge in [-0.15, -0.1) is 0 Å². The number of carboxylic acids is 1. The average Bonchev–Trinajstić information content (AvgIpc) is 2.84. The number of hydrogen-bond acceptors (Lipinski definition) is 2. The monoisotopic (exact) mass is 275 g/mol. The zero-order chi connectivity index (χ0) is 14.8. The predicted octanol–water partition coefficient (Wildman–Crippen LogP) is 3.78. The van der Waals surface area contributed by atoms with Crippen molar-refractivity contribution in [3.8, 4) is 0 Å². The highest BCUT2D eigenvalue weighted by atomic mass is 16.4. The molecule has 1 aromatic carbocycles. The minimum atomic E-state index is -0.670. The Hall–Kier alpha value is -1.35. The van der Waals surface area contributed by atoms with Gasteiger partial charge in [0.25, 0.3) is 0 Å². The molecule has 2 atom stereocenters. The van der Waals surface area contributed by atoms with Crippen LogP contribution in [0, 0.1) is 6.92 Å². The number of aryl methyl sites for hydroxylation is 1. The van der Waals surface area contributed by atoms with E-state index >= 15 is 0 Å². The Labute approximate surface area is 121 Å². The first kappa shape index (κ1) is 15.0. The number of hydrogen-bond donors (Lipinski definition) is 1. The number of aliphatic carboxylic acids is 1. The first-order valence-corrected chi connectivity index (χ1v) is 7.58. The molecule has 3 heteroatoms. The van der Waals surface area contributed by atoms with Gasteiger partial charge in [0.05, 0.1) is 0 Å². The molecule has 0 saturated carbocycles. The Bertz CT molecular complexity index is 486. The molecule has 0 aromatic heterocycles. The third-order valence-corrected chi connectivity index (χ3v) is 4.71. The maximum absolute atomic E-state index is 11.9. The Kier molecular flexibility index (Phi) is 4.48. The fourth-order valence-corrected chi connectivity index (χ4v) is 3.71. The van der Waals surface area contributed by atoms with Crippen molar-refractivity contribution in [1.29, 1.82) is 0 Å². The van der Waals surface area contributed by atoms with Crippen LogP contribution in [0.2, 0.25) is 0 Å². The zero-order valence-corrected chi connectivity index (χ0v) is 12.7. The van der Waals surface area contributed by atoms with Crippen LogP contribution < -0.4 is 0 Å².